The van der Waals surface area contributed by atoms with Gasteiger partial charge in [-0.05, 0) is 54.8 Å². The maximum Gasteiger partial charge on any atom is 0.126 e. The van der Waals surface area contributed by atoms with E-state index in [1.807, 2.05) is 12.1 Å². The fourth-order valence-corrected chi connectivity index (χ4v) is 1.97. The molecule has 3 heteroatoms. The van der Waals surface area contributed by atoms with Crippen molar-refractivity contribution in [3.05, 3.63) is 70.8 Å². The van der Waals surface area contributed by atoms with Gasteiger partial charge < -0.3 is 5.32 Å². The third-order valence-electron chi connectivity index (χ3n) is 3.03. The Kier molecular flexibility index (Phi) is 4.63. The number of benzene rings is 2. The van der Waals surface area contributed by atoms with Crippen LogP contribution in [0.3, 0.4) is 0 Å². The first-order valence-electron chi connectivity index (χ1n) is 6.35. The highest BCUT2D eigenvalue weighted by Crippen LogP contribution is 2.09. The van der Waals surface area contributed by atoms with Gasteiger partial charge >= 0.3 is 0 Å². The summed E-state index contributed by atoms with van der Waals surface area (Å²) in [7, 11) is 0. The van der Waals surface area contributed by atoms with Gasteiger partial charge in [-0.2, -0.15) is 0 Å². The van der Waals surface area contributed by atoms with Gasteiger partial charge in [-0.25, -0.2) is 8.78 Å². The molecule has 19 heavy (non-hydrogen) atoms. The monoisotopic (exact) mass is 261 g/mol. The highest BCUT2D eigenvalue weighted by Gasteiger charge is 1.99. The first-order valence-corrected chi connectivity index (χ1v) is 6.35. The molecule has 0 saturated heterocycles. The molecule has 0 aliphatic heterocycles. The Morgan fingerprint density at radius 3 is 2.58 bits per heavy atom. The summed E-state index contributed by atoms with van der Waals surface area (Å²) < 4.78 is 26.1. The Labute approximate surface area is 112 Å². The van der Waals surface area contributed by atoms with E-state index in [4.69, 9.17) is 0 Å². The van der Waals surface area contributed by atoms with Crippen molar-refractivity contribution in [3.63, 3.8) is 0 Å². The SMILES string of the molecule is Cc1cc(CNCCc2cccc(F)c2)ccc1F. The van der Waals surface area contributed by atoms with Gasteiger partial charge in [0.1, 0.15) is 11.6 Å². The summed E-state index contributed by atoms with van der Waals surface area (Å²) in [6, 6.07) is 11.7. The summed E-state index contributed by atoms with van der Waals surface area (Å²) in [6.45, 7) is 3.21. The van der Waals surface area contributed by atoms with Gasteiger partial charge in [0.25, 0.3) is 0 Å². The molecule has 100 valence electrons. The fourth-order valence-electron chi connectivity index (χ4n) is 1.97. The molecular formula is C16H17F2N. The van der Waals surface area contributed by atoms with E-state index in [0.717, 1.165) is 24.1 Å². The summed E-state index contributed by atoms with van der Waals surface area (Å²) in [4.78, 5) is 0. The number of hydrogen-bond acceptors (Lipinski definition) is 1. The highest BCUT2D eigenvalue weighted by atomic mass is 19.1. The van der Waals surface area contributed by atoms with Gasteiger partial charge in [-0.15, -0.1) is 0 Å². The standard InChI is InChI=1S/C16H17F2N/c1-12-9-14(5-6-16(12)18)11-19-8-7-13-3-2-4-15(17)10-13/h2-6,9-10,19H,7-8,11H2,1H3. The molecule has 0 spiro atoms. The Morgan fingerprint density at radius 2 is 1.84 bits per heavy atom. The molecule has 0 atom stereocenters. The second-order valence-electron chi connectivity index (χ2n) is 4.64. The summed E-state index contributed by atoms with van der Waals surface area (Å²) in [5.74, 6) is -0.379. The van der Waals surface area contributed by atoms with E-state index >= 15 is 0 Å². The lowest BCUT2D eigenvalue weighted by molar-refractivity contribution is 0.615. The molecule has 0 bridgehead atoms. The molecule has 0 saturated carbocycles. The van der Waals surface area contributed by atoms with Crippen LogP contribution in [-0.2, 0) is 13.0 Å². The summed E-state index contributed by atoms with van der Waals surface area (Å²) in [5, 5.41) is 3.27. The van der Waals surface area contributed by atoms with Crippen molar-refractivity contribution in [3.8, 4) is 0 Å². The van der Waals surface area contributed by atoms with E-state index in [2.05, 4.69) is 5.32 Å². The number of halogens is 2. The molecule has 0 aliphatic carbocycles. The Hall–Kier alpha value is -1.74. The predicted octanol–water partition coefficient (Wildman–Crippen LogP) is 3.61. The van der Waals surface area contributed by atoms with Crippen molar-refractivity contribution >= 4 is 0 Å². The van der Waals surface area contributed by atoms with E-state index in [-0.39, 0.29) is 11.6 Å². The zero-order valence-electron chi connectivity index (χ0n) is 10.9. The summed E-state index contributed by atoms with van der Waals surface area (Å²) >= 11 is 0. The second kappa shape index (κ2) is 6.43. The predicted molar refractivity (Wildman–Crippen MR) is 72.9 cm³/mol. The second-order valence-corrected chi connectivity index (χ2v) is 4.64. The quantitative estimate of drug-likeness (QED) is 0.811. The van der Waals surface area contributed by atoms with Gasteiger partial charge in [-0.3, -0.25) is 0 Å². The molecule has 0 radical (unpaired) electrons. The molecular weight excluding hydrogens is 244 g/mol. The lowest BCUT2D eigenvalue weighted by Crippen LogP contribution is -2.16. The Balaban J connectivity index is 1.79. The molecule has 1 nitrogen and oxygen atoms in total. The lowest BCUT2D eigenvalue weighted by atomic mass is 10.1. The van der Waals surface area contributed by atoms with E-state index in [1.54, 1.807) is 25.1 Å². The summed E-state index contributed by atoms with van der Waals surface area (Å²) in [5.41, 5.74) is 2.69. The molecule has 0 aromatic heterocycles. The van der Waals surface area contributed by atoms with Crippen LogP contribution in [0.5, 0.6) is 0 Å². The van der Waals surface area contributed by atoms with Gasteiger partial charge in [0.05, 0.1) is 0 Å². The van der Waals surface area contributed by atoms with Gasteiger partial charge in [0.15, 0.2) is 0 Å². The number of hydrogen-bond donors (Lipinski definition) is 1. The van der Waals surface area contributed by atoms with E-state index in [0.29, 0.717) is 12.1 Å². The van der Waals surface area contributed by atoms with Crippen LogP contribution in [0.4, 0.5) is 8.78 Å². The minimum Gasteiger partial charge on any atom is -0.312 e. The van der Waals surface area contributed by atoms with Crippen LogP contribution in [0.2, 0.25) is 0 Å². The van der Waals surface area contributed by atoms with Crippen LogP contribution in [0.25, 0.3) is 0 Å². The van der Waals surface area contributed by atoms with Crippen molar-refractivity contribution in [1.29, 1.82) is 0 Å². The van der Waals surface area contributed by atoms with Crippen molar-refractivity contribution in [1.82, 2.24) is 5.32 Å². The third-order valence-corrected chi connectivity index (χ3v) is 3.03. The maximum atomic E-state index is 13.1. The van der Waals surface area contributed by atoms with Crippen LogP contribution >= 0.6 is 0 Å². The van der Waals surface area contributed by atoms with Gasteiger partial charge in [-0.1, -0.05) is 24.3 Å². The first kappa shape index (κ1) is 13.7. The van der Waals surface area contributed by atoms with Crippen LogP contribution in [0.1, 0.15) is 16.7 Å². The molecule has 0 fully saturated rings. The van der Waals surface area contributed by atoms with Crippen LogP contribution < -0.4 is 5.32 Å². The maximum absolute atomic E-state index is 13.1. The van der Waals surface area contributed by atoms with Crippen molar-refractivity contribution in [2.24, 2.45) is 0 Å². The average Bonchev–Trinajstić information content (AvgIpc) is 2.39. The molecule has 0 aliphatic rings. The number of rotatable bonds is 5. The molecule has 0 unspecified atom stereocenters. The van der Waals surface area contributed by atoms with E-state index < -0.39 is 0 Å². The fraction of sp³-hybridized carbons (Fsp3) is 0.250. The first-order chi connectivity index (χ1) is 9.15. The van der Waals surface area contributed by atoms with Crippen molar-refractivity contribution < 1.29 is 8.78 Å². The number of nitrogens with one attached hydrogen (secondary N) is 1. The Bertz CT molecular complexity index is 552. The Morgan fingerprint density at radius 1 is 1.00 bits per heavy atom. The molecule has 2 aromatic carbocycles. The van der Waals surface area contributed by atoms with Gasteiger partial charge in [0.2, 0.25) is 0 Å². The van der Waals surface area contributed by atoms with Gasteiger partial charge in [0, 0.05) is 6.54 Å². The smallest absolute Gasteiger partial charge is 0.126 e. The molecule has 0 heterocycles. The molecule has 2 aromatic rings. The summed E-state index contributed by atoms with van der Waals surface area (Å²) in [6.07, 6.45) is 0.776. The van der Waals surface area contributed by atoms with Crippen LogP contribution in [0, 0.1) is 18.6 Å². The van der Waals surface area contributed by atoms with Crippen LogP contribution in [-0.4, -0.2) is 6.54 Å². The third kappa shape index (κ3) is 4.14. The molecule has 2 rings (SSSR count). The molecule has 1 N–H and O–H groups in total. The average molecular weight is 261 g/mol. The topological polar surface area (TPSA) is 12.0 Å². The lowest BCUT2D eigenvalue weighted by Gasteiger charge is -2.06. The zero-order valence-corrected chi connectivity index (χ0v) is 10.9. The normalized spacial score (nSPS) is 10.7. The minimum atomic E-state index is -0.202. The number of aryl methyl sites for hydroxylation is 1. The highest BCUT2D eigenvalue weighted by molar-refractivity contribution is 5.23. The zero-order chi connectivity index (χ0) is 13.7. The van der Waals surface area contributed by atoms with Crippen LogP contribution in [0.15, 0.2) is 42.5 Å². The molecule has 0 amide bonds. The van der Waals surface area contributed by atoms with E-state index in [1.165, 1.54) is 12.1 Å². The van der Waals surface area contributed by atoms with Crippen molar-refractivity contribution in [2.45, 2.75) is 19.9 Å². The largest absolute Gasteiger partial charge is 0.312 e. The van der Waals surface area contributed by atoms with Crippen molar-refractivity contribution in [2.75, 3.05) is 6.54 Å². The van der Waals surface area contributed by atoms with E-state index in [9.17, 15) is 8.78 Å². The minimum absolute atomic E-state index is 0.177.